The standard InChI is InChI=1S/C25H30BN3O2/c1-19-9-11-27-23(13-19)24-14-20(10-12-28-24)15-29(4)16-21-7-5-6-8-22(21)26-30-17-25(2,3)18-31-26/h5-14H,15-18H2,1-4H3. The number of aryl methyl sites for hydroxylation is 1. The monoisotopic (exact) mass is 415 g/mol. The first-order valence-corrected chi connectivity index (χ1v) is 10.8. The summed E-state index contributed by atoms with van der Waals surface area (Å²) in [4.78, 5) is 11.3. The summed E-state index contributed by atoms with van der Waals surface area (Å²) in [6.07, 6.45) is 3.69. The van der Waals surface area contributed by atoms with Crippen LogP contribution < -0.4 is 5.46 Å². The van der Waals surface area contributed by atoms with E-state index in [9.17, 15) is 0 Å². The SMILES string of the molecule is Cc1ccnc(-c2cc(CN(C)Cc3ccccc3B3OCC(C)(C)CO3)ccn2)c1. The van der Waals surface area contributed by atoms with Gasteiger partial charge in [0.15, 0.2) is 0 Å². The van der Waals surface area contributed by atoms with E-state index in [1.165, 1.54) is 16.7 Å². The average Bonchev–Trinajstić information content (AvgIpc) is 2.74. The quantitative estimate of drug-likeness (QED) is 0.573. The summed E-state index contributed by atoms with van der Waals surface area (Å²) < 4.78 is 12.1. The molecule has 1 aliphatic rings. The molecule has 5 nitrogen and oxygen atoms in total. The predicted octanol–water partition coefficient (Wildman–Crippen LogP) is 3.85. The largest absolute Gasteiger partial charge is 0.494 e. The van der Waals surface area contributed by atoms with Crippen LogP contribution in [0.5, 0.6) is 0 Å². The van der Waals surface area contributed by atoms with E-state index < -0.39 is 0 Å². The Morgan fingerprint density at radius 2 is 1.61 bits per heavy atom. The molecule has 1 saturated heterocycles. The van der Waals surface area contributed by atoms with Crippen molar-refractivity contribution in [1.82, 2.24) is 14.9 Å². The third-order valence-corrected chi connectivity index (χ3v) is 5.45. The molecule has 0 spiro atoms. The molecule has 1 aliphatic heterocycles. The topological polar surface area (TPSA) is 47.5 Å². The average molecular weight is 415 g/mol. The second-order valence-electron chi connectivity index (χ2n) is 9.26. The van der Waals surface area contributed by atoms with Gasteiger partial charge in [0.05, 0.1) is 11.4 Å². The second-order valence-corrected chi connectivity index (χ2v) is 9.26. The van der Waals surface area contributed by atoms with E-state index in [0.717, 1.165) is 29.9 Å². The summed E-state index contributed by atoms with van der Waals surface area (Å²) in [5.41, 5.74) is 6.61. The van der Waals surface area contributed by atoms with Gasteiger partial charge in [-0.2, -0.15) is 0 Å². The first-order chi connectivity index (χ1) is 14.9. The molecule has 0 unspecified atom stereocenters. The zero-order valence-electron chi connectivity index (χ0n) is 18.8. The number of pyridine rings is 2. The van der Waals surface area contributed by atoms with Crippen LogP contribution in [0.4, 0.5) is 0 Å². The van der Waals surface area contributed by atoms with Crippen molar-refractivity contribution in [2.24, 2.45) is 5.41 Å². The van der Waals surface area contributed by atoms with Crippen molar-refractivity contribution >= 4 is 12.6 Å². The molecule has 0 N–H and O–H groups in total. The predicted molar refractivity (Wildman–Crippen MR) is 125 cm³/mol. The van der Waals surface area contributed by atoms with Gasteiger partial charge in [-0.15, -0.1) is 0 Å². The Kier molecular flexibility index (Phi) is 6.51. The Morgan fingerprint density at radius 3 is 2.35 bits per heavy atom. The molecule has 0 saturated carbocycles. The maximum Gasteiger partial charge on any atom is 0.494 e. The lowest BCUT2D eigenvalue weighted by atomic mass is 9.73. The van der Waals surface area contributed by atoms with Gasteiger partial charge >= 0.3 is 7.12 Å². The summed E-state index contributed by atoms with van der Waals surface area (Å²) in [5.74, 6) is 0. The van der Waals surface area contributed by atoms with Crippen molar-refractivity contribution in [3.05, 3.63) is 77.6 Å². The van der Waals surface area contributed by atoms with Gasteiger partial charge in [-0.1, -0.05) is 38.1 Å². The minimum absolute atomic E-state index is 0.0629. The summed E-state index contributed by atoms with van der Waals surface area (Å²) in [6.45, 7) is 9.43. The van der Waals surface area contributed by atoms with Gasteiger partial charge < -0.3 is 9.31 Å². The lowest BCUT2D eigenvalue weighted by Gasteiger charge is -2.34. The zero-order valence-corrected chi connectivity index (χ0v) is 18.8. The minimum atomic E-state index is -0.294. The molecule has 0 atom stereocenters. The number of rotatable bonds is 6. The second kappa shape index (κ2) is 9.31. The molecule has 160 valence electrons. The van der Waals surface area contributed by atoms with Crippen molar-refractivity contribution < 1.29 is 9.31 Å². The van der Waals surface area contributed by atoms with Crippen LogP contribution in [0.15, 0.2) is 60.9 Å². The van der Waals surface area contributed by atoms with Crippen molar-refractivity contribution in [2.45, 2.75) is 33.9 Å². The molecule has 0 aliphatic carbocycles. The highest BCUT2D eigenvalue weighted by Crippen LogP contribution is 2.22. The summed E-state index contributed by atoms with van der Waals surface area (Å²) >= 11 is 0. The zero-order chi connectivity index (χ0) is 21.8. The fourth-order valence-electron chi connectivity index (χ4n) is 3.83. The van der Waals surface area contributed by atoms with Crippen LogP contribution in [-0.2, 0) is 22.4 Å². The Morgan fingerprint density at radius 1 is 0.935 bits per heavy atom. The molecule has 2 aromatic heterocycles. The molecule has 4 rings (SSSR count). The maximum atomic E-state index is 6.04. The number of hydrogen-bond acceptors (Lipinski definition) is 5. The van der Waals surface area contributed by atoms with Gasteiger partial charge in [0.25, 0.3) is 0 Å². The Balaban J connectivity index is 1.45. The summed E-state index contributed by atoms with van der Waals surface area (Å²) in [5, 5.41) is 0. The van der Waals surface area contributed by atoms with E-state index in [1.54, 1.807) is 0 Å². The van der Waals surface area contributed by atoms with Crippen molar-refractivity contribution in [3.8, 4) is 11.4 Å². The summed E-state index contributed by atoms with van der Waals surface area (Å²) in [6, 6.07) is 16.7. The highest BCUT2D eigenvalue weighted by atomic mass is 16.6. The van der Waals surface area contributed by atoms with E-state index >= 15 is 0 Å². The van der Waals surface area contributed by atoms with E-state index in [4.69, 9.17) is 9.31 Å². The molecule has 3 aromatic rings. The van der Waals surface area contributed by atoms with Gasteiger partial charge in [-0.3, -0.25) is 14.9 Å². The first kappa shape index (κ1) is 21.7. The third kappa shape index (κ3) is 5.59. The minimum Gasteiger partial charge on any atom is -0.407 e. The molecule has 0 amide bonds. The molecule has 6 heteroatoms. The van der Waals surface area contributed by atoms with Crippen molar-refractivity contribution in [1.29, 1.82) is 0 Å². The Labute approximate surface area is 185 Å². The Hall–Kier alpha value is -2.54. The molecule has 1 aromatic carbocycles. The lowest BCUT2D eigenvalue weighted by molar-refractivity contribution is 0.0342. The van der Waals surface area contributed by atoms with Crippen LogP contribution in [0.25, 0.3) is 11.4 Å². The van der Waals surface area contributed by atoms with Crippen LogP contribution >= 0.6 is 0 Å². The van der Waals surface area contributed by atoms with Gasteiger partial charge in [0.1, 0.15) is 0 Å². The smallest absolute Gasteiger partial charge is 0.407 e. The molecule has 0 bridgehead atoms. The van der Waals surface area contributed by atoms with Crippen molar-refractivity contribution in [2.75, 3.05) is 20.3 Å². The van der Waals surface area contributed by atoms with Gasteiger partial charge in [-0.05, 0) is 60.4 Å². The molecular weight excluding hydrogens is 385 g/mol. The molecule has 1 fully saturated rings. The Bertz CT molecular complexity index is 1030. The fraction of sp³-hybridized carbons (Fsp3) is 0.360. The van der Waals surface area contributed by atoms with Crippen LogP contribution in [0.2, 0.25) is 0 Å². The normalized spacial score (nSPS) is 16.0. The summed E-state index contributed by atoms with van der Waals surface area (Å²) in [7, 11) is 1.84. The highest BCUT2D eigenvalue weighted by Gasteiger charge is 2.34. The van der Waals surface area contributed by atoms with Crippen LogP contribution in [-0.4, -0.2) is 42.2 Å². The lowest BCUT2D eigenvalue weighted by Crippen LogP contribution is -2.48. The number of benzene rings is 1. The van der Waals surface area contributed by atoms with Crippen LogP contribution in [0.1, 0.15) is 30.5 Å². The first-order valence-electron chi connectivity index (χ1n) is 10.8. The number of aromatic nitrogens is 2. The third-order valence-electron chi connectivity index (χ3n) is 5.45. The van der Waals surface area contributed by atoms with Gasteiger partial charge in [0, 0.05) is 44.1 Å². The molecule has 31 heavy (non-hydrogen) atoms. The number of hydrogen-bond donors (Lipinski definition) is 0. The van der Waals surface area contributed by atoms with Gasteiger partial charge in [0.2, 0.25) is 0 Å². The van der Waals surface area contributed by atoms with E-state index in [0.29, 0.717) is 13.2 Å². The van der Waals surface area contributed by atoms with Crippen LogP contribution in [0, 0.1) is 12.3 Å². The molecule has 3 heterocycles. The fourth-order valence-corrected chi connectivity index (χ4v) is 3.83. The molecule has 0 radical (unpaired) electrons. The molecular formula is C25H30BN3O2. The van der Waals surface area contributed by atoms with Gasteiger partial charge in [-0.25, -0.2) is 0 Å². The van der Waals surface area contributed by atoms with E-state index in [2.05, 4.69) is 85.2 Å². The van der Waals surface area contributed by atoms with E-state index in [-0.39, 0.29) is 12.5 Å². The van der Waals surface area contributed by atoms with Crippen LogP contribution in [0.3, 0.4) is 0 Å². The highest BCUT2D eigenvalue weighted by molar-refractivity contribution is 6.62. The number of nitrogens with zero attached hydrogens (tertiary/aromatic N) is 3. The maximum absolute atomic E-state index is 6.04. The van der Waals surface area contributed by atoms with E-state index in [1.807, 2.05) is 18.5 Å². The van der Waals surface area contributed by atoms with Crippen molar-refractivity contribution in [3.63, 3.8) is 0 Å².